The Labute approximate surface area is 159 Å². The minimum Gasteiger partial charge on any atom is -0.464 e. The van der Waals surface area contributed by atoms with Crippen molar-refractivity contribution in [3.05, 3.63) is 59.9 Å². The SMILES string of the molecule is Cc1ccc2c(CC(=O)OCC(=O)Nc3ccccc3OC(F)F)coc2c1. The topological polar surface area (TPSA) is 77.8 Å². The summed E-state index contributed by atoms with van der Waals surface area (Å²) in [5.74, 6) is -1.47. The minimum atomic E-state index is -3.02. The van der Waals surface area contributed by atoms with Crippen molar-refractivity contribution in [2.24, 2.45) is 0 Å². The first kappa shape index (κ1) is 19.3. The average Bonchev–Trinajstić information content (AvgIpc) is 3.03. The summed E-state index contributed by atoms with van der Waals surface area (Å²) in [6, 6.07) is 11.3. The van der Waals surface area contributed by atoms with Crippen molar-refractivity contribution in [1.82, 2.24) is 0 Å². The number of esters is 1. The molecule has 0 aliphatic rings. The van der Waals surface area contributed by atoms with E-state index >= 15 is 0 Å². The smallest absolute Gasteiger partial charge is 0.387 e. The maximum Gasteiger partial charge on any atom is 0.387 e. The van der Waals surface area contributed by atoms with Gasteiger partial charge in [-0.2, -0.15) is 8.78 Å². The van der Waals surface area contributed by atoms with Gasteiger partial charge >= 0.3 is 12.6 Å². The van der Waals surface area contributed by atoms with Gasteiger partial charge in [-0.1, -0.05) is 24.3 Å². The molecule has 0 fully saturated rings. The van der Waals surface area contributed by atoms with E-state index in [1.807, 2.05) is 25.1 Å². The van der Waals surface area contributed by atoms with Gasteiger partial charge < -0.3 is 19.2 Å². The van der Waals surface area contributed by atoms with Crippen LogP contribution in [0.2, 0.25) is 0 Å². The number of furan rings is 1. The van der Waals surface area contributed by atoms with Crippen molar-refractivity contribution in [2.45, 2.75) is 20.0 Å². The summed E-state index contributed by atoms with van der Waals surface area (Å²) in [5, 5.41) is 3.17. The third-order valence-corrected chi connectivity index (χ3v) is 3.89. The first-order chi connectivity index (χ1) is 13.4. The molecule has 28 heavy (non-hydrogen) atoms. The standard InChI is InChI=1S/C20H17F2NO5/c1-12-6-7-14-13(10-26-17(14)8-12)9-19(25)27-11-18(24)23-15-4-2-3-5-16(15)28-20(21)22/h2-8,10,20H,9,11H2,1H3,(H,23,24). The molecule has 1 N–H and O–H groups in total. The molecule has 3 rings (SSSR count). The Balaban J connectivity index is 1.55. The number of anilines is 1. The van der Waals surface area contributed by atoms with Crippen LogP contribution >= 0.6 is 0 Å². The van der Waals surface area contributed by atoms with Crippen LogP contribution in [0.4, 0.5) is 14.5 Å². The fourth-order valence-corrected chi connectivity index (χ4v) is 2.63. The molecule has 146 valence electrons. The molecular formula is C20H17F2NO5. The first-order valence-electron chi connectivity index (χ1n) is 8.38. The van der Waals surface area contributed by atoms with Gasteiger partial charge in [0.25, 0.3) is 5.91 Å². The lowest BCUT2D eigenvalue weighted by Crippen LogP contribution is -2.22. The maximum absolute atomic E-state index is 12.4. The molecule has 0 saturated carbocycles. The fourth-order valence-electron chi connectivity index (χ4n) is 2.63. The van der Waals surface area contributed by atoms with Crippen LogP contribution < -0.4 is 10.1 Å². The van der Waals surface area contributed by atoms with Crippen molar-refractivity contribution in [3.63, 3.8) is 0 Å². The third-order valence-electron chi connectivity index (χ3n) is 3.89. The molecule has 2 aromatic carbocycles. The van der Waals surface area contributed by atoms with Gasteiger partial charge in [0, 0.05) is 10.9 Å². The number of rotatable bonds is 7. The summed E-state index contributed by atoms with van der Waals surface area (Å²) in [5.41, 5.74) is 2.40. The Bertz CT molecular complexity index is 999. The zero-order valence-corrected chi connectivity index (χ0v) is 14.9. The number of nitrogens with one attached hydrogen (secondary N) is 1. The molecule has 0 bridgehead atoms. The summed E-state index contributed by atoms with van der Waals surface area (Å²) < 4.78 is 39.5. The van der Waals surface area contributed by atoms with Gasteiger partial charge in [-0.05, 0) is 30.7 Å². The lowest BCUT2D eigenvalue weighted by atomic mass is 10.1. The van der Waals surface area contributed by atoms with Crippen molar-refractivity contribution < 1.29 is 32.3 Å². The number of carbonyl (C=O) groups excluding carboxylic acids is 2. The van der Waals surface area contributed by atoms with Crippen LogP contribution in [0.1, 0.15) is 11.1 Å². The lowest BCUT2D eigenvalue weighted by Gasteiger charge is -2.11. The fraction of sp³-hybridized carbons (Fsp3) is 0.200. The van der Waals surface area contributed by atoms with Crippen LogP contribution in [0.25, 0.3) is 11.0 Å². The first-order valence-corrected chi connectivity index (χ1v) is 8.38. The second kappa shape index (κ2) is 8.51. The van der Waals surface area contributed by atoms with E-state index in [2.05, 4.69) is 10.1 Å². The second-order valence-corrected chi connectivity index (χ2v) is 6.02. The normalized spacial score (nSPS) is 10.9. The van der Waals surface area contributed by atoms with E-state index < -0.39 is 25.1 Å². The molecule has 0 spiro atoms. The molecule has 3 aromatic rings. The Morgan fingerprint density at radius 2 is 1.96 bits per heavy atom. The zero-order valence-electron chi connectivity index (χ0n) is 14.9. The van der Waals surface area contributed by atoms with Gasteiger partial charge in [0.1, 0.15) is 11.3 Å². The molecule has 1 aromatic heterocycles. The van der Waals surface area contributed by atoms with Crippen molar-refractivity contribution >= 4 is 28.5 Å². The van der Waals surface area contributed by atoms with Crippen molar-refractivity contribution in [3.8, 4) is 5.75 Å². The van der Waals surface area contributed by atoms with Crippen LogP contribution in [-0.4, -0.2) is 25.1 Å². The van der Waals surface area contributed by atoms with Crippen LogP contribution in [0, 0.1) is 6.92 Å². The van der Waals surface area contributed by atoms with Gasteiger partial charge in [0.15, 0.2) is 6.61 Å². The predicted octanol–water partition coefficient (Wildman–Crippen LogP) is 4.07. The van der Waals surface area contributed by atoms with E-state index in [1.54, 1.807) is 6.07 Å². The Kier molecular flexibility index (Phi) is 5.88. The highest BCUT2D eigenvalue weighted by molar-refractivity contribution is 5.94. The molecule has 0 aliphatic heterocycles. The van der Waals surface area contributed by atoms with Gasteiger partial charge in [-0.3, -0.25) is 9.59 Å². The molecule has 0 radical (unpaired) electrons. The number of para-hydroxylation sites is 2. The van der Waals surface area contributed by atoms with Gasteiger partial charge in [0.2, 0.25) is 0 Å². The number of hydrogen-bond donors (Lipinski definition) is 1. The van der Waals surface area contributed by atoms with Crippen LogP contribution in [0.15, 0.2) is 53.1 Å². The number of halogens is 2. The number of amides is 1. The predicted molar refractivity (Wildman–Crippen MR) is 97.3 cm³/mol. The monoisotopic (exact) mass is 389 g/mol. The molecule has 1 amide bonds. The number of fused-ring (bicyclic) bond motifs is 1. The molecule has 0 saturated heterocycles. The largest absolute Gasteiger partial charge is 0.464 e. The highest BCUT2D eigenvalue weighted by atomic mass is 19.3. The minimum absolute atomic E-state index is 0.0556. The number of aryl methyl sites for hydroxylation is 1. The summed E-state index contributed by atoms with van der Waals surface area (Å²) in [4.78, 5) is 24.0. The third kappa shape index (κ3) is 4.85. The van der Waals surface area contributed by atoms with Gasteiger partial charge in [-0.15, -0.1) is 0 Å². The number of ether oxygens (including phenoxy) is 2. The molecular weight excluding hydrogens is 372 g/mol. The van der Waals surface area contributed by atoms with Crippen LogP contribution in [0.3, 0.4) is 0 Å². The van der Waals surface area contributed by atoms with Crippen LogP contribution in [-0.2, 0) is 20.7 Å². The molecule has 0 aliphatic carbocycles. The van der Waals surface area contributed by atoms with Crippen molar-refractivity contribution in [1.29, 1.82) is 0 Å². The number of benzene rings is 2. The summed E-state index contributed by atoms with van der Waals surface area (Å²) in [7, 11) is 0. The quantitative estimate of drug-likeness (QED) is 0.617. The Hall–Kier alpha value is -3.42. The Morgan fingerprint density at radius 3 is 2.75 bits per heavy atom. The lowest BCUT2D eigenvalue weighted by molar-refractivity contribution is -0.146. The van der Waals surface area contributed by atoms with E-state index in [0.717, 1.165) is 10.9 Å². The summed E-state index contributed by atoms with van der Waals surface area (Å²) in [6.07, 6.45) is 1.41. The van der Waals surface area contributed by atoms with E-state index in [-0.39, 0.29) is 17.9 Å². The molecule has 0 unspecified atom stereocenters. The highest BCUT2D eigenvalue weighted by Crippen LogP contribution is 2.25. The van der Waals surface area contributed by atoms with Gasteiger partial charge in [-0.25, -0.2) is 0 Å². The molecule has 0 atom stereocenters. The van der Waals surface area contributed by atoms with Crippen LogP contribution in [0.5, 0.6) is 5.75 Å². The van der Waals surface area contributed by atoms with E-state index in [9.17, 15) is 18.4 Å². The van der Waals surface area contributed by atoms with E-state index in [0.29, 0.717) is 11.1 Å². The Morgan fingerprint density at radius 1 is 1.18 bits per heavy atom. The number of alkyl halides is 2. The zero-order chi connectivity index (χ0) is 20.1. The molecule has 1 heterocycles. The number of hydrogen-bond acceptors (Lipinski definition) is 5. The summed E-state index contributed by atoms with van der Waals surface area (Å²) in [6.45, 7) is -1.65. The van der Waals surface area contributed by atoms with Crippen molar-refractivity contribution in [2.75, 3.05) is 11.9 Å². The number of carbonyl (C=O) groups is 2. The summed E-state index contributed by atoms with van der Waals surface area (Å²) >= 11 is 0. The average molecular weight is 389 g/mol. The highest BCUT2D eigenvalue weighted by Gasteiger charge is 2.15. The van der Waals surface area contributed by atoms with E-state index in [4.69, 9.17) is 9.15 Å². The molecule has 8 heteroatoms. The second-order valence-electron chi connectivity index (χ2n) is 6.02. The molecule has 6 nitrogen and oxygen atoms in total. The maximum atomic E-state index is 12.4. The van der Waals surface area contributed by atoms with E-state index in [1.165, 1.54) is 24.5 Å². The van der Waals surface area contributed by atoms with Gasteiger partial charge in [0.05, 0.1) is 18.4 Å².